The van der Waals surface area contributed by atoms with Crippen LogP contribution in [0.1, 0.15) is 11.1 Å². The highest BCUT2D eigenvalue weighted by molar-refractivity contribution is 6.31. The number of benzene rings is 2. The number of rotatable bonds is 5. The van der Waals surface area contributed by atoms with Crippen LogP contribution < -0.4 is 10.6 Å². The summed E-state index contributed by atoms with van der Waals surface area (Å²) >= 11 is 6.00. The minimum Gasteiger partial charge on any atom is -0.338 e. The van der Waals surface area contributed by atoms with Crippen molar-refractivity contribution in [2.45, 2.75) is 13.0 Å². The van der Waals surface area contributed by atoms with Crippen LogP contribution >= 0.6 is 11.6 Å². The van der Waals surface area contributed by atoms with Gasteiger partial charge in [-0.2, -0.15) is 0 Å². The van der Waals surface area contributed by atoms with Crippen molar-refractivity contribution in [2.24, 2.45) is 0 Å². The maximum atomic E-state index is 12.7. The third-order valence-electron chi connectivity index (χ3n) is 3.01. The SMILES string of the molecule is O=C(NCCc1ccc(F)cc1)NCc1ccccc1Cl. The molecule has 0 bridgehead atoms. The maximum Gasteiger partial charge on any atom is 0.315 e. The normalized spacial score (nSPS) is 10.2. The van der Waals surface area contributed by atoms with E-state index in [1.54, 1.807) is 18.2 Å². The summed E-state index contributed by atoms with van der Waals surface area (Å²) in [4.78, 5) is 11.6. The fourth-order valence-electron chi connectivity index (χ4n) is 1.85. The summed E-state index contributed by atoms with van der Waals surface area (Å²) in [7, 11) is 0. The van der Waals surface area contributed by atoms with Gasteiger partial charge < -0.3 is 10.6 Å². The number of amides is 2. The monoisotopic (exact) mass is 306 g/mol. The van der Waals surface area contributed by atoms with E-state index in [2.05, 4.69) is 10.6 Å². The smallest absolute Gasteiger partial charge is 0.315 e. The Morgan fingerprint density at radius 2 is 1.76 bits per heavy atom. The van der Waals surface area contributed by atoms with Crippen LogP contribution in [-0.2, 0) is 13.0 Å². The van der Waals surface area contributed by atoms with Crippen LogP contribution in [0.3, 0.4) is 0 Å². The van der Waals surface area contributed by atoms with Crippen molar-refractivity contribution in [1.29, 1.82) is 0 Å². The minimum absolute atomic E-state index is 0.253. The molecule has 2 aromatic rings. The molecule has 0 aromatic heterocycles. The van der Waals surface area contributed by atoms with E-state index in [0.29, 0.717) is 24.5 Å². The molecule has 21 heavy (non-hydrogen) atoms. The van der Waals surface area contributed by atoms with Gasteiger partial charge in [0.2, 0.25) is 0 Å². The highest BCUT2D eigenvalue weighted by atomic mass is 35.5. The second kappa shape index (κ2) is 7.64. The van der Waals surface area contributed by atoms with E-state index in [9.17, 15) is 9.18 Å². The lowest BCUT2D eigenvalue weighted by molar-refractivity contribution is 0.240. The summed E-state index contributed by atoms with van der Waals surface area (Å²) in [6.07, 6.45) is 0.653. The van der Waals surface area contributed by atoms with Crippen LogP contribution in [-0.4, -0.2) is 12.6 Å². The van der Waals surface area contributed by atoms with Gasteiger partial charge in [-0.1, -0.05) is 41.9 Å². The van der Waals surface area contributed by atoms with Crippen LogP contribution in [0.15, 0.2) is 48.5 Å². The molecule has 5 heteroatoms. The number of hydrogen-bond acceptors (Lipinski definition) is 1. The van der Waals surface area contributed by atoms with E-state index in [-0.39, 0.29) is 11.8 Å². The topological polar surface area (TPSA) is 41.1 Å². The molecule has 0 saturated carbocycles. The van der Waals surface area contributed by atoms with Crippen molar-refractivity contribution >= 4 is 17.6 Å². The number of nitrogens with one attached hydrogen (secondary N) is 2. The summed E-state index contributed by atoms with van der Waals surface area (Å²) in [5, 5.41) is 6.12. The molecule has 0 heterocycles. The summed E-state index contributed by atoms with van der Waals surface area (Å²) in [6.45, 7) is 0.863. The van der Waals surface area contributed by atoms with Crippen LogP contribution in [0.25, 0.3) is 0 Å². The number of hydrogen-bond donors (Lipinski definition) is 2. The predicted molar refractivity (Wildman–Crippen MR) is 81.8 cm³/mol. The van der Waals surface area contributed by atoms with E-state index in [0.717, 1.165) is 11.1 Å². The number of carbonyl (C=O) groups excluding carboxylic acids is 1. The second-order valence-electron chi connectivity index (χ2n) is 4.58. The molecule has 0 fully saturated rings. The molecule has 0 aliphatic heterocycles. The van der Waals surface area contributed by atoms with Gasteiger partial charge in [0.15, 0.2) is 0 Å². The van der Waals surface area contributed by atoms with E-state index >= 15 is 0 Å². The molecule has 0 unspecified atom stereocenters. The molecule has 2 rings (SSSR count). The largest absolute Gasteiger partial charge is 0.338 e. The number of halogens is 2. The third kappa shape index (κ3) is 5.08. The van der Waals surface area contributed by atoms with E-state index in [4.69, 9.17) is 11.6 Å². The summed E-state index contributed by atoms with van der Waals surface area (Å²) in [5.74, 6) is -0.260. The number of urea groups is 1. The maximum absolute atomic E-state index is 12.7. The van der Waals surface area contributed by atoms with Crippen molar-refractivity contribution in [3.05, 3.63) is 70.5 Å². The van der Waals surface area contributed by atoms with Crippen molar-refractivity contribution in [3.63, 3.8) is 0 Å². The standard InChI is InChI=1S/C16H16ClFN2O/c17-15-4-2-1-3-13(15)11-20-16(21)19-10-9-12-5-7-14(18)8-6-12/h1-8H,9-11H2,(H2,19,20,21). The van der Waals surface area contributed by atoms with Crippen LogP contribution in [0.2, 0.25) is 5.02 Å². The summed E-state index contributed by atoms with van der Waals surface area (Å²) in [6, 6.07) is 13.3. The Bertz CT molecular complexity index is 601. The molecule has 3 nitrogen and oxygen atoms in total. The summed E-state index contributed by atoms with van der Waals surface area (Å²) < 4.78 is 12.7. The average Bonchev–Trinajstić information content (AvgIpc) is 2.48. The van der Waals surface area contributed by atoms with E-state index in [1.807, 2.05) is 18.2 Å². The molecule has 0 atom stereocenters. The lowest BCUT2D eigenvalue weighted by Gasteiger charge is -2.08. The Hall–Kier alpha value is -2.07. The first-order valence-electron chi connectivity index (χ1n) is 6.65. The molecule has 2 aromatic carbocycles. The van der Waals surface area contributed by atoms with Gasteiger partial charge in [-0.05, 0) is 35.7 Å². The quantitative estimate of drug-likeness (QED) is 0.872. The predicted octanol–water partition coefficient (Wildman–Crippen LogP) is 3.52. The van der Waals surface area contributed by atoms with E-state index in [1.165, 1.54) is 12.1 Å². The molecule has 0 aliphatic carbocycles. The van der Waals surface area contributed by atoms with Gasteiger partial charge in [-0.25, -0.2) is 9.18 Å². The van der Waals surface area contributed by atoms with Gasteiger partial charge in [0.05, 0.1) is 0 Å². The highest BCUT2D eigenvalue weighted by Gasteiger charge is 2.03. The van der Waals surface area contributed by atoms with Crippen LogP contribution in [0.5, 0.6) is 0 Å². The van der Waals surface area contributed by atoms with Gasteiger partial charge in [0, 0.05) is 18.1 Å². The molecule has 0 radical (unpaired) electrons. The van der Waals surface area contributed by atoms with Gasteiger partial charge in [-0.3, -0.25) is 0 Å². The first kappa shape index (κ1) is 15.3. The average molecular weight is 307 g/mol. The van der Waals surface area contributed by atoms with Crippen molar-refractivity contribution in [1.82, 2.24) is 10.6 Å². The first-order chi connectivity index (χ1) is 10.1. The van der Waals surface area contributed by atoms with Crippen LogP contribution in [0, 0.1) is 5.82 Å². The zero-order valence-corrected chi connectivity index (χ0v) is 12.2. The Balaban J connectivity index is 1.70. The Labute approximate surface area is 128 Å². The van der Waals surface area contributed by atoms with Crippen molar-refractivity contribution in [3.8, 4) is 0 Å². The molecule has 2 amide bonds. The van der Waals surface area contributed by atoms with E-state index < -0.39 is 0 Å². The lowest BCUT2D eigenvalue weighted by atomic mass is 10.1. The Morgan fingerprint density at radius 1 is 1.05 bits per heavy atom. The Kier molecular flexibility index (Phi) is 5.58. The zero-order chi connectivity index (χ0) is 15.1. The summed E-state index contributed by atoms with van der Waals surface area (Å²) in [5.41, 5.74) is 1.84. The molecule has 0 aliphatic rings. The van der Waals surface area contributed by atoms with Crippen molar-refractivity contribution in [2.75, 3.05) is 6.54 Å². The highest BCUT2D eigenvalue weighted by Crippen LogP contribution is 2.14. The fourth-order valence-corrected chi connectivity index (χ4v) is 2.05. The molecule has 2 N–H and O–H groups in total. The van der Waals surface area contributed by atoms with Gasteiger partial charge in [0.25, 0.3) is 0 Å². The van der Waals surface area contributed by atoms with Gasteiger partial charge >= 0.3 is 6.03 Å². The zero-order valence-electron chi connectivity index (χ0n) is 11.4. The third-order valence-corrected chi connectivity index (χ3v) is 3.38. The molecule has 0 saturated heterocycles. The van der Waals surface area contributed by atoms with Crippen LogP contribution in [0.4, 0.5) is 9.18 Å². The second-order valence-corrected chi connectivity index (χ2v) is 4.98. The fraction of sp³-hybridized carbons (Fsp3) is 0.188. The molecular formula is C16H16ClFN2O. The first-order valence-corrected chi connectivity index (χ1v) is 7.02. The van der Waals surface area contributed by atoms with Gasteiger partial charge in [0.1, 0.15) is 5.82 Å². The molecule has 0 spiro atoms. The molecule has 110 valence electrons. The number of carbonyl (C=O) groups is 1. The molecular weight excluding hydrogens is 291 g/mol. The van der Waals surface area contributed by atoms with Crippen molar-refractivity contribution < 1.29 is 9.18 Å². The minimum atomic E-state index is -0.260. The lowest BCUT2D eigenvalue weighted by Crippen LogP contribution is -2.36. The van der Waals surface area contributed by atoms with Gasteiger partial charge in [-0.15, -0.1) is 0 Å². The Morgan fingerprint density at radius 3 is 2.48 bits per heavy atom.